The van der Waals surface area contributed by atoms with E-state index in [0.29, 0.717) is 12.1 Å². The summed E-state index contributed by atoms with van der Waals surface area (Å²) in [5, 5.41) is 2.66. The molecule has 0 bridgehead atoms. The summed E-state index contributed by atoms with van der Waals surface area (Å²) < 4.78 is 15.2. The van der Waals surface area contributed by atoms with Crippen molar-refractivity contribution in [3.63, 3.8) is 0 Å². The van der Waals surface area contributed by atoms with Crippen molar-refractivity contribution in [2.45, 2.75) is 31.7 Å². The van der Waals surface area contributed by atoms with Crippen molar-refractivity contribution in [3.8, 4) is 0 Å². The summed E-state index contributed by atoms with van der Waals surface area (Å²) in [7, 11) is 3.25. The molecule has 0 aromatic carbocycles. The monoisotopic (exact) mass is 249 g/mol. The number of amides is 1. The van der Waals surface area contributed by atoms with Crippen LogP contribution in [0.15, 0.2) is 0 Å². The molecule has 1 atom stereocenters. The second-order valence-corrected chi connectivity index (χ2v) is 6.19. The number of hydrogen-bond acceptors (Lipinski definition) is 4. The van der Waals surface area contributed by atoms with Gasteiger partial charge in [-0.2, -0.15) is 0 Å². The molecule has 1 unspecified atom stereocenters. The van der Waals surface area contributed by atoms with Crippen LogP contribution in [-0.4, -0.2) is 43.3 Å². The highest BCUT2D eigenvalue weighted by atomic mass is 28.3. The van der Waals surface area contributed by atoms with Crippen LogP contribution in [0.3, 0.4) is 0 Å². The van der Waals surface area contributed by atoms with E-state index in [4.69, 9.17) is 8.85 Å². The molecule has 1 amide bonds. The fourth-order valence-electron chi connectivity index (χ4n) is 1.64. The van der Waals surface area contributed by atoms with Crippen molar-refractivity contribution < 1.29 is 18.4 Å². The average Bonchev–Trinajstić information content (AvgIpc) is 2.32. The van der Waals surface area contributed by atoms with Crippen molar-refractivity contribution in [2.75, 3.05) is 27.9 Å². The predicted molar refractivity (Wildman–Crippen MR) is 64.8 cm³/mol. The highest BCUT2D eigenvalue weighted by Gasteiger charge is 2.21. The van der Waals surface area contributed by atoms with Gasteiger partial charge in [0.2, 0.25) is 0 Å². The zero-order valence-electron chi connectivity index (χ0n) is 10.6. The molecule has 96 valence electrons. The number of methoxy groups -OCH3 is 1. The quantitative estimate of drug-likeness (QED) is 0.522. The number of rotatable bonds is 8. The van der Waals surface area contributed by atoms with Gasteiger partial charge in [0, 0.05) is 20.8 Å². The lowest BCUT2D eigenvalue weighted by molar-refractivity contribution is 0.171. The van der Waals surface area contributed by atoms with E-state index in [9.17, 15) is 4.79 Å². The number of ether oxygens (including phenoxy) is 1. The molecular weight excluding hydrogens is 226 g/mol. The molecule has 6 heteroatoms. The predicted octanol–water partition coefficient (Wildman–Crippen LogP) is 1.42. The topological polar surface area (TPSA) is 56.8 Å². The lowest BCUT2D eigenvalue weighted by atomic mass is 10.2. The van der Waals surface area contributed by atoms with E-state index in [-0.39, 0.29) is 6.09 Å². The smallest absolute Gasteiger partial charge is 0.406 e. The van der Waals surface area contributed by atoms with E-state index in [2.05, 4.69) is 17.0 Å². The summed E-state index contributed by atoms with van der Waals surface area (Å²) in [6, 6.07) is 0. The largest absolute Gasteiger partial charge is 0.453 e. The zero-order valence-corrected chi connectivity index (χ0v) is 11.8. The summed E-state index contributed by atoms with van der Waals surface area (Å²) in [4.78, 5) is 10.8. The summed E-state index contributed by atoms with van der Waals surface area (Å²) >= 11 is 0. The van der Waals surface area contributed by atoms with Gasteiger partial charge in [0.05, 0.1) is 7.11 Å². The third-order valence-corrected chi connectivity index (χ3v) is 5.08. The molecule has 0 aromatic heterocycles. The zero-order chi connectivity index (χ0) is 12.4. The molecule has 0 heterocycles. The van der Waals surface area contributed by atoms with Crippen molar-refractivity contribution in [1.82, 2.24) is 5.32 Å². The van der Waals surface area contributed by atoms with Crippen LogP contribution in [0.5, 0.6) is 0 Å². The number of carbonyl (C=O) groups excluding carboxylic acids is 1. The van der Waals surface area contributed by atoms with Crippen LogP contribution in [0.2, 0.25) is 5.54 Å². The maximum Gasteiger partial charge on any atom is 0.406 e. The first-order valence-electron chi connectivity index (χ1n) is 5.56. The number of carbonyl (C=O) groups is 1. The van der Waals surface area contributed by atoms with E-state index in [1.807, 2.05) is 0 Å². The van der Waals surface area contributed by atoms with Crippen LogP contribution >= 0.6 is 0 Å². The van der Waals surface area contributed by atoms with Crippen LogP contribution in [-0.2, 0) is 13.6 Å². The van der Waals surface area contributed by atoms with Gasteiger partial charge in [0.1, 0.15) is 0 Å². The van der Waals surface area contributed by atoms with Gasteiger partial charge in [-0.05, 0) is 18.4 Å². The van der Waals surface area contributed by atoms with Crippen LogP contribution in [0, 0.1) is 0 Å². The van der Waals surface area contributed by atoms with Crippen LogP contribution < -0.4 is 5.32 Å². The molecule has 0 fully saturated rings. The third kappa shape index (κ3) is 6.09. The maximum absolute atomic E-state index is 10.8. The first-order chi connectivity index (χ1) is 7.69. The van der Waals surface area contributed by atoms with E-state index < -0.39 is 9.28 Å². The third-order valence-electron chi connectivity index (χ3n) is 2.58. The lowest BCUT2D eigenvalue weighted by Gasteiger charge is -2.21. The Balaban J connectivity index is 3.74. The Hall–Kier alpha value is -0.593. The van der Waals surface area contributed by atoms with Crippen LogP contribution in [0.1, 0.15) is 26.2 Å². The fraction of sp³-hybridized carbons (Fsp3) is 0.900. The Morgan fingerprint density at radius 1 is 1.31 bits per heavy atom. The van der Waals surface area contributed by atoms with Gasteiger partial charge < -0.3 is 18.9 Å². The number of nitrogens with one attached hydrogen (secondary N) is 1. The normalized spacial score (nSPS) is 12.6. The Morgan fingerprint density at radius 3 is 2.38 bits per heavy atom. The summed E-state index contributed by atoms with van der Waals surface area (Å²) in [6.07, 6.45) is 2.61. The number of alkyl carbamates (subject to hydrolysis) is 1. The molecule has 0 rings (SSSR count). The molecule has 1 N–H and O–H groups in total. The molecule has 0 aliphatic rings. The standard InChI is InChI=1S/C10H23NO4Si/c1-5-9(16(14-3)15-4)7-6-8-11-10(12)13-2/h9,16H,5-8H2,1-4H3,(H,11,12). The first-order valence-corrected chi connectivity index (χ1v) is 7.17. The molecule has 0 aromatic rings. The highest BCUT2D eigenvalue weighted by molar-refractivity contribution is 6.46. The minimum Gasteiger partial charge on any atom is -0.453 e. The molecule has 0 saturated heterocycles. The van der Waals surface area contributed by atoms with Gasteiger partial charge in [0.25, 0.3) is 0 Å². The molecule has 0 aliphatic carbocycles. The molecule has 0 radical (unpaired) electrons. The molecule has 0 spiro atoms. The Kier molecular flexibility index (Phi) is 9.26. The van der Waals surface area contributed by atoms with Crippen molar-refractivity contribution in [2.24, 2.45) is 0 Å². The van der Waals surface area contributed by atoms with E-state index in [1.54, 1.807) is 14.2 Å². The lowest BCUT2D eigenvalue weighted by Crippen LogP contribution is -2.28. The van der Waals surface area contributed by atoms with Gasteiger partial charge in [-0.15, -0.1) is 0 Å². The second kappa shape index (κ2) is 9.62. The Bertz CT molecular complexity index is 188. The number of hydrogen-bond donors (Lipinski definition) is 1. The Labute approximate surface area is 99.3 Å². The summed E-state index contributed by atoms with van der Waals surface area (Å²) in [5.41, 5.74) is 0.495. The van der Waals surface area contributed by atoms with E-state index in [1.165, 1.54) is 7.11 Å². The van der Waals surface area contributed by atoms with Crippen molar-refractivity contribution in [1.29, 1.82) is 0 Å². The highest BCUT2D eigenvalue weighted by Crippen LogP contribution is 2.22. The van der Waals surface area contributed by atoms with Gasteiger partial charge >= 0.3 is 15.4 Å². The van der Waals surface area contributed by atoms with E-state index >= 15 is 0 Å². The SMILES string of the molecule is CCC(CCCNC(=O)OC)[SiH](OC)OC. The molecule has 0 saturated carbocycles. The fourth-order valence-corrected chi connectivity index (χ4v) is 3.50. The molecule has 16 heavy (non-hydrogen) atoms. The molecule has 5 nitrogen and oxygen atoms in total. The maximum atomic E-state index is 10.8. The minimum atomic E-state index is -1.53. The molecular formula is C10H23NO4Si. The summed E-state index contributed by atoms with van der Waals surface area (Å²) in [5.74, 6) is 0. The average molecular weight is 249 g/mol. The van der Waals surface area contributed by atoms with Crippen molar-refractivity contribution in [3.05, 3.63) is 0 Å². The van der Waals surface area contributed by atoms with Crippen LogP contribution in [0.25, 0.3) is 0 Å². The van der Waals surface area contributed by atoms with Gasteiger partial charge in [-0.3, -0.25) is 0 Å². The van der Waals surface area contributed by atoms with Gasteiger partial charge in [-0.1, -0.05) is 13.3 Å². The summed E-state index contributed by atoms with van der Waals surface area (Å²) in [6.45, 7) is 2.77. The Morgan fingerprint density at radius 2 is 1.94 bits per heavy atom. The second-order valence-electron chi connectivity index (χ2n) is 3.57. The van der Waals surface area contributed by atoms with Crippen molar-refractivity contribution >= 4 is 15.4 Å². The van der Waals surface area contributed by atoms with Gasteiger partial charge in [-0.25, -0.2) is 4.79 Å². The first kappa shape index (κ1) is 15.4. The van der Waals surface area contributed by atoms with Gasteiger partial charge in [0.15, 0.2) is 0 Å². The van der Waals surface area contributed by atoms with E-state index in [0.717, 1.165) is 19.3 Å². The van der Waals surface area contributed by atoms with Crippen LogP contribution in [0.4, 0.5) is 4.79 Å². The molecule has 0 aliphatic heterocycles. The minimum absolute atomic E-state index is 0.375.